The van der Waals surface area contributed by atoms with Crippen LogP contribution in [0.3, 0.4) is 0 Å². The molecule has 1 amide bonds. The molecule has 0 N–H and O–H groups in total. The van der Waals surface area contributed by atoms with E-state index in [-0.39, 0.29) is 11.7 Å². The van der Waals surface area contributed by atoms with Gasteiger partial charge in [-0.05, 0) is 48.5 Å². The van der Waals surface area contributed by atoms with E-state index in [4.69, 9.17) is 9.47 Å². The Balaban J connectivity index is 1.28. The van der Waals surface area contributed by atoms with E-state index >= 15 is 0 Å². The molecule has 0 radical (unpaired) electrons. The van der Waals surface area contributed by atoms with Crippen molar-refractivity contribution in [2.45, 2.75) is 18.4 Å². The lowest BCUT2D eigenvalue weighted by Gasteiger charge is -2.34. The van der Waals surface area contributed by atoms with Gasteiger partial charge in [-0.2, -0.15) is 0 Å². The minimum atomic E-state index is -0.628. The molecule has 0 aromatic heterocycles. The summed E-state index contributed by atoms with van der Waals surface area (Å²) >= 11 is 0. The van der Waals surface area contributed by atoms with E-state index in [0.29, 0.717) is 48.6 Å². The number of ether oxygens (including phenoxy) is 2. The monoisotopic (exact) mass is 399 g/mol. The molecule has 30 heavy (non-hydrogen) atoms. The number of para-hydroxylation sites is 2. The zero-order valence-corrected chi connectivity index (χ0v) is 16.4. The summed E-state index contributed by atoms with van der Waals surface area (Å²) in [6.45, 7) is 0.977. The number of nitrogens with zero attached hydrogens (tertiary/aromatic N) is 1. The molecule has 1 fully saturated rings. The standard InChI is InChI=1S/C25H21NO4/c27-22-16-25(30-23-9-5-4-8-21(22)23)14-15-26(17-25)24(28)18-10-12-20(13-11-18)29-19-6-2-1-3-7-19/h1-13H,14-17H2. The van der Waals surface area contributed by atoms with Gasteiger partial charge < -0.3 is 14.4 Å². The predicted molar refractivity (Wildman–Crippen MR) is 112 cm³/mol. The van der Waals surface area contributed by atoms with Crippen LogP contribution in [0.15, 0.2) is 78.9 Å². The summed E-state index contributed by atoms with van der Waals surface area (Å²) in [5.41, 5.74) is 0.592. The van der Waals surface area contributed by atoms with E-state index in [2.05, 4.69) is 0 Å². The zero-order chi connectivity index (χ0) is 20.6. The molecule has 150 valence electrons. The average Bonchev–Trinajstić information content (AvgIpc) is 3.17. The van der Waals surface area contributed by atoms with Crippen LogP contribution in [0, 0.1) is 0 Å². The highest BCUT2D eigenvalue weighted by Crippen LogP contribution is 2.39. The van der Waals surface area contributed by atoms with Crippen molar-refractivity contribution < 1.29 is 19.1 Å². The van der Waals surface area contributed by atoms with Crippen molar-refractivity contribution in [2.24, 2.45) is 0 Å². The predicted octanol–water partition coefficient (Wildman–Crippen LogP) is 4.73. The van der Waals surface area contributed by atoms with Crippen LogP contribution in [0.5, 0.6) is 17.2 Å². The lowest BCUT2D eigenvalue weighted by atomic mass is 9.89. The maximum absolute atomic E-state index is 13.0. The molecule has 0 aliphatic carbocycles. The first kappa shape index (κ1) is 18.4. The number of likely N-dealkylation sites (tertiary alicyclic amines) is 1. The molecule has 1 atom stereocenters. The molecule has 2 heterocycles. The second kappa shape index (κ2) is 7.34. The van der Waals surface area contributed by atoms with Crippen LogP contribution in [0.4, 0.5) is 0 Å². The lowest BCUT2D eigenvalue weighted by Crippen LogP contribution is -2.45. The molecule has 3 aromatic rings. The van der Waals surface area contributed by atoms with Crippen LogP contribution in [0.25, 0.3) is 0 Å². The number of rotatable bonds is 3. The van der Waals surface area contributed by atoms with Crippen LogP contribution in [0.1, 0.15) is 33.6 Å². The smallest absolute Gasteiger partial charge is 0.253 e. The van der Waals surface area contributed by atoms with Gasteiger partial charge in [0.05, 0.1) is 18.5 Å². The topological polar surface area (TPSA) is 55.8 Å². The molecule has 5 heteroatoms. The fourth-order valence-corrected chi connectivity index (χ4v) is 4.16. The third-order valence-corrected chi connectivity index (χ3v) is 5.68. The Morgan fingerprint density at radius 2 is 1.60 bits per heavy atom. The molecule has 0 bridgehead atoms. The average molecular weight is 399 g/mol. The molecular weight excluding hydrogens is 378 g/mol. The van der Waals surface area contributed by atoms with Gasteiger partial charge in [0.2, 0.25) is 0 Å². The number of hydrogen-bond donors (Lipinski definition) is 0. The first-order valence-electron chi connectivity index (χ1n) is 10.1. The van der Waals surface area contributed by atoms with Gasteiger partial charge in [-0.3, -0.25) is 9.59 Å². The van der Waals surface area contributed by atoms with Crippen LogP contribution in [-0.4, -0.2) is 35.3 Å². The van der Waals surface area contributed by atoms with Gasteiger partial charge in [0, 0.05) is 18.5 Å². The van der Waals surface area contributed by atoms with Crippen molar-refractivity contribution in [3.8, 4) is 17.2 Å². The first-order valence-corrected chi connectivity index (χ1v) is 10.1. The fraction of sp³-hybridized carbons (Fsp3) is 0.200. The second-order valence-electron chi connectivity index (χ2n) is 7.80. The highest BCUT2D eigenvalue weighted by molar-refractivity contribution is 6.00. The maximum atomic E-state index is 13.0. The van der Waals surface area contributed by atoms with Gasteiger partial charge in [-0.1, -0.05) is 30.3 Å². The summed E-state index contributed by atoms with van der Waals surface area (Å²) in [6.07, 6.45) is 0.950. The third kappa shape index (κ3) is 3.43. The van der Waals surface area contributed by atoms with Gasteiger partial charge in [0.15, 0.2) is 5.78 Å². The fourth-order valence-electron chi connectivity index (χ4n) is 4.16. The molecule has 0 saturated carbocycles. The van der Waals surface area contributed by atoms with Crippen molar-refractivity contribution in [3.05, 3.63) is 90.0 Å². The second-order valence-corrected chi connectivity index (χ2v) is 7.80. The van der Waals surface area contributed by atoms with Crippen LogP contribution in [0.2, 0.25) is 0 Å². The van der Waals surface area contributed by atoms with E-state index in [1.165, 1.54) is 0 Å². The molecule has 5 nitrogen and oxygen atoms in total. The number of fused-ring (bicyclic) bond motifs is 1. The first-order chi connectivity index (χ1) is 14.6. The molecular formula is C25H21NO4. The highest BCUT2D eigenvalue weighted by atomic mass is 16.5. The Labute approximate surface area is 174 Å². The normalized spacial score (nSPS) is 20.0. The van der Waals surface area contributed by atoms with Crippen molar-refractivity contribution >= 4 is 11.7 Å². The lowest BCUT2D eigenvalue weighted by molar-refractivity contribution is 0.0428. The third-order valence-electron chi connectivity index (χ3n) is 5.68. The number of carbonyl (C=O) groups excluding carboxylic acids is 2. The molecule has 1 spiro atoms. The minimum Gasteiger partial charge on any atom is -0.484 e. The molecule has 1 saturated heterocycles. The summed E-state index contributed by atoms with van der Waals surface area (Å²) in [4.78, 5) is 27.4. The van der Waals surface area contributed by atoms with E-state index < -0.39 is 5.60 Å². The van der Waals surface area contributed by atoms with E-state index in [0.717, 1.165) is 5.75 Å². The Morgan fingerprint density at radius 1 is 0.900 bits per heavy atom. The van der Waals surface area contributed by atoms with E-state index in [1.54, 1.807) is 35.2 Å². The Bertz CT molecular complexity index is 1090. The molecule has 2 aliphatic heterocycles. The maximum Gasteiger partial charge on any atom is 0.253 e. The van der Waals surface area contributed by atoms with Crippen molar-refractivity contribution in [1.82, 2.24) is 4.90 Å². The molecule has 2 aliphatic rings. The number of carbonyl (C=O) groups is 2. The number of benzene rings is 3. The number of ketones is 1. The Kier molecular flexibility index (Phi) is 4.51. The van der Waals surface area contributed by atoms with Crippen molar-refractivity contribution in [2.75, 3.05) is 13.1 Å². The van der Waals surface area contributed by atoms with Gasteiger partial charge >= 0.3 is 0 Å². The summed E-state index contributed by atoms with van der Waals surface area (Å²) < 4.78 is 12.0. The van der Waals surface area contributed by atoms with Gasteiger partial charge in [-0.15, -0.1) is 0 Å². The summed E-state index contributed by atoms with van der Waals surface area (Å²) in [7, 11) is 0. The van der Waals surface area contributed by atoms with Crippen LogP contribution >= 0.6 is 0 Å². The van der Waals surface area contributed by atoms with Crippen LogP contribution < -0.4 is 9.47 Å². The van der Waals surface area contributed by atoms with Crippen molar-refractivity contribution in [3.63, 3.8) is 0 Å². The SMILES string of the molecule is O=C1CC2(CCN(C(=O)c3ccc(Oc4ccccc4)cc3)C2)Oc2ccccc21. The van der Waals surface area contributed by atoms with Gasteiger partial charge in [0.1, 0.15) is 22.8 Å². The number of hydrogen-bond acceptors (Lipinski definition) is 4. The summed E-state index contributed by atoms with van der Waals surface area (Å²) in [6, 6.07) is 24.0. The largest absolute Gasteiger partial charge is 0.484 e. The summed E-state index contributed by atoms with van der Waals surface area (Å²) in [5.74, 6) is 2.05. The number of Topliss-reactive ketones (excluding diaryl/α,β-unsaturated/α-hetero) is 1. The zero-order valence-electron chi connectivity index (χ0n) is 16.4. The quantitative estimate of drug-likeness (QED) is 0.639. The summed E-state index contributed by atoms with van der Waals surface area (Å²) in [5, 5.41) is 0. The molecule has 3 aromatic carbocycles. The number of amides is 1. The molecule has 1 unspecified atom stereocenters. The van der Waals surface area contributed by atoms with E-state index in [1.807, 2.05) is 48.5 Å². The Hall–Kier alpha value is -3.60. The van der Waals surface area contributed by atoms with Gasteiger partial charge in [-0.25, -0.2) is 0 Å². The van der Waals surface area contributed by atoms with Crippen LogP contribution in [-0.2, 0) is 0 Å². The Morgan fingerprint density at radius 3 is 2.40 bits per heavy atom. The highest BCUT2D eigenvalue weighted by Gasteiger charge is 2.47. The molecule has 5 rings (SSSR count). The van der Waals surface area contributed by atoms with E-state index in [9.17, 15) is 9.59 Å². The van der Waals surface area contributed by atoms with Gasteiger partial charge in [0.25, 0.3) is 5.91 Å². The minimum absolute atomic E-state index is 0.0620. The van der Waals surface area contributed by atoms with Crippen molar-refractivity contribution in [1.29, 1.82) is 0 Å².